The maximum atomic E-state index is 12.8. The quantitative estimate of drug-likeness (QED) is 0.873. The molecular weight excluding hydrogens is 342 g/mol. The van der Waals surface area contributed by atoms with E-state index in [0.29, 0.717) is 12.8 Å². The lowest BCUT2D eigenvalue weighted by molar-refractivity contribution is -0.142. The van der Waals surface area contributed by atoms with Crippen LogP contribution in [0.1, 0.15) is 18.4 Å². The van der Waals surface area contributed by atoms with Crippen molar-refractivity contribution in [2.75, 3.05) is 20.1 Å². The lowest BCUT2D eigenvalue weighted by Gasteiger charge is -2.32. The Kier molecular flexibility index (Phi) is 5.03. The highest BCUT2D eigenvalue weighted by atomic mass is 32.2. The van der Waals surface area contributed by atoms with Crippen LogP contribution in [0.3, 0.4) is 0 Å². The Morgan fingerprint density at radius 1 is 1.32 bits per heavy atom. The highest BCUT2D eigenvalue weighted by Crippen LogP contribution is 2.24. The Bertz CT molecular complexity index is 871. The third kappa shape index (κ3) is 3.65. The Balaban J connectivity index is 1.76. The molecule has 1 saturated heterocycles. The number of aliphatic carboxylic acids is 1. The van der Waals surface area contributed by atoms with Crippen molar-refractivity contribution in [2.45, 2.75) is 19.4 Å². The van der Waals surface area contributed by atoms with Crippen molar-refractivity contribution in [3.63, 3.8) is 0 Å². The molecule has 0 saturated carbocycles. The minimum absolute atomic E-state index is 0.239. The van der Waals surface area contributed by atoms with Gasteiger partial charge in [0.1, 0.15) is 0 Å². The number of benzene rings is 1. The number of aromatic nitrogens is 1. The smallest absolute Gasteiger partial charge is 0.306 e. The van der Waals surface area contributed by atoms with Crippen LogP contribution in [0.25, 0.3) is 10.8 Å². The maximum absolute atomic E-state index is 12.8. The fraction of sp³-hybridized carbons (Fsp3) is 0.412. The van der Waals surface area contributed by atoms with Gasteiger partial charge in [-0.3, -0.25) is 9.78 Å². The van der Waals surface area contributed by atoms with E-state index < -0.39 is 22.1 Å². The molecule has 0 spiro atoms. The number of piperidine rings is 1. The monoisotopic (exact) mass is 363 g/mol. The lowest BCUT2D eigenvalue weighted by atomic mass is 9.99. The summed E-state index contributed by atoms with van der Waals surface area (Å²) >= 11 is 0. The second-order valence-electron chi connectivity index (χ2n) is 6.29. The average Bonchev–Trinajstić information content (AvgIpc) is 2.62. The molecule has 1 aliphatic rings. The first-order chi connectivity index (χ1) is 11.9. The number of fused-ring (bicyclic) bond motifs is 1. The number of hydrogen-bond donors (Lipinski definition) is 1. The van der Waals surface area contributed by atoms with Gasteiger partial charge in [-0.15, -0.1) is 0 Å². The van der Waals surface area contributed by atoms with Gasteiger partial charge in [-0.25, -0.2) is 0 Å². The van der Waals surface area contributed by atoms with E-state index >= 15 is 0 Å². The molecule has 1 N–H and O–H groups in total. The van der Waals surface area contributed by atoms with Crippen LogP contribution in [-0.2, 0) is 21.5 Å². The van der Waals surface area contributed by atoms with Gasteiger partial charge in [0.2, 0.25) is 0 Å². The van der Waals surface area contributed by atoms with Crippen LogP contribution in [0, 0.1) is 5.92 Å². The summed E-state index contributed by atoms with van der Waals surface area (Å²) < 4.78 is 28.3. The summed E-state index contributed by atoms with van der Waals surface area (Å²) in [4.78, 5) is 15.1. The van der Waals surface area contributed by atoms with Crippen molar-refractivity contribution in [2.24, 2.45) is 5.92 Å². The summed E-state index contributed by atoms with van der Waals surface area (Å²) in [7, 11) is -2.07. The molecule has 1 aromatic carbocycles. The first-order valence-corrected chi connectivity index (χ1v) is 9.55. The number of nitrogens with zero attached hydrogens (tertiary/aromatic N) is 3. The van der Waals surface area contributed by atoms with Gasteiger partial charge in [0.05, 0.1) is 5.92 Å². The van der Waals surface area contributed by atoms with Gasteiger partial charge in [-0.1, -0.05) is 18.2 Å². The summed E-state index contributed by atoms with van der Waals surface area (Å²) in [5.41, 5.74) is 0.909. The molecule has 1 aromatic heterocycles. The van der Waals surface area contributed by atoms with Crippen LogP contribution in [0.2, 0.25) is 0 Å². The number of pyridine rings is 1. The van der Waals surface area contributed by atoms with Gasteiger partial charge in [0, 0.05) is 44.5 Å². The van der Waals surface area contributed by atoms with Crippen molar-refractivity contribution in [1.82, 2.24) is 13.6 Å². The first-order valence-electron chi connectivity index (χ1n) is 8.15. The number of carboxylic acids is 1. The summed E-state index contributed by atoms with van der Waals surface area (Å²) in [6.07, 6.45) is 4.14. The third-order valence-electron chi connectivity index (χ3n) is 4.69. The largest absolute Gasteiger partial charge is 0.481 e. The average molecular weight is 363 g/mol. The highest BCUT2D eigenvalue weighted by Gasteiger charge is 2.33. The normalized spacial score (nSPS) is 17.2. The number of carbonyl (C=O) groups is 1. The molecule has 0 atom stereocenters. The fourth-order valence-electron chi connectivity index (χ4n) is 3.18. The first kappa shape index (κ1) is 17.8. The third-order valence-corrected chi connectivity index (χ3v) is 6.62. The number of hydrogen-bond acceptors (Lipinski definition) is 4. The van der Waals surface area contributed by atoms with E-state index in [-0.39, 0.29) is 19.6 Å². The molecular formula is C17H21N3O4S. The molecule has 134 valence electrons. The summed E-state index contributed by atoms with van der Waals surface area (Å²) in [5.74, 6) is -1.31. The summed E-state index contributed by atoms with van der Waals surface area (Å²) in [5, 5.41) is 11.0. The number of carboxylic acid groups (broad SMARTS) is 1. The van der Waals surface area contributed by atoms with Crippen molar-refractivity contribution in [1.29, 1.82) is 0 Å². The van der Waals surface area contributed by atoms with Gasteiger partial charge >= 0.3 is 5.97 Å². The Morgan fingerprint density at radius 3 is 2.72 bits per heavy atom. The minimum Gasteiger partial charge on any atom is -0.481 e. The van der Waals surface area contributed by atoms with Gasteiger partial charge in [-0.05, 0) is 29.9 Å². The highest BCUT2D eigenvalue weighted by molar-refractivity contribution is 7.86. The van der Waals surface area contributed by atoms with Crippen LogP contribution in [-0.4, -0.2) is 53.2 Å². The standard InChI is InChI=1S/C17H21N3O4S/c1-19(12-15-4-2-3-14-11-18-8-5-16(14)15)25(23,24)20-9-6-13(7-10-20)17(21)22/h2-5,8,11,13H,6-7,9-10,12H2,1H3,(H,21,22). The van der Waals surface area contributed by atoms with Gasteiger partial charge < -0.3 is 5.11 Å². The van der Waals surface area contributed by atoms with Crippen molar-refractivity contribution >= 4 is 27.0 Å². The molecule has 8 heteroatoms. The Labute approximate surface area is 147 Å². The van der Waals surface area contributed by atoms with E-state index in [1.54, 1.807) is 19.4 Å². The second-order valence-corrected chi connectivity index (χ2v) is 8.32. The molecule has 2 heterocycles. The Hall–Kier alpha value is -2.03. The molecule has 0 amide bonds. The molecule has 3 rings (SSSR count). The predicted molar refractivity (Wildman–Crippen MR) is 94.1 cm³/mol. The predicted octanol–water partition coefficient (Wildman–Crippen LogP) is 1.71. The summed E-state index contributed by atoms with van der Waals surface area (Å²) in [6.45, 7) is 0.731. The second kappa shape index (κ2) is 7.07. The van der Waals surface area contributed by atoms with Crippen LogP contribution < -0.4 is 0 Å². The van der Waals surface area contributed by atoms with E-state index in [2.05, 4.69) is 4.98 Å². The zero-order valence-corrected chi connectivity index (χ0v) is 14.8. The van der Waals surface area contributed by atoms with Crippen LogP contribution in [0.5, 0.6) is 0 Å². The zero-order chi connectivity index (χ0) is 18.0. The van der Waals surface area contributed by atoms with E-state index in [0.717, 1.165) is 16.3 Å². The molecule has 0 unspecified atom stereocenters. The molecule has 0 aliphatic carbocycles. The molecule has 0 bridgehead atoms. The molecule has 1 fully saturated rings. The fourth-order valence-corrected chi connectivity index (χ4v) is 4.55. The number of rotatable bonds is 5. The van der Waals surface area contributed by atoms with E-state index in [9.17, 15) is 13.2 Å². The lowest BCUT2D eigenvalue weighted by Crippen LogP contribution is -2.46. The van der Waals surface area contributed by atoms with Crippen molar-refractivity contribution < 1.29 is 18.3 Å². The molecule has 0 radical (unpaired) electrons. The molecule has 7 nitrogen and oxygen atoms in total. The van der Waals surface area contributed by atoms with E-state index in [1.807, 2.05) is 24.3 Å². The van der Waals surface area contributed by atoms with Gasteiger partial charge in [0.15, 0.2) is 0 Å². The van der Waals surface area contributed by atoms with Gasteiger partial charge in [-0.2, -0.15) is 17.0 Å². The summed E-state index contributed by atoms with van der Waals surface area (Å²) in [6, 6.07) is 7.61. The van der Waals surface area contributed by atoms with Crippen LogP contribution in [0.4, 0.5) is 0 Å². The zero-order valence-electron chi connectivity index (χ0n) is 14.0. The van der Waals surface area contributed by atoms with Crippen LogP contribution in [0.15, 0.2) is 36.7 Å². The van der Waals surface area contributed by atoms with Crippen molar-refractivity contribution in [3.05, 3.63) is 42.2 Å². The molecule has 1 aliphatic heterocycles. The molecule has 25 heavy (non-hydrogen) atoms. The van der Waals surface area contributed by atoms with E-state index in [1.165, 1.54) is 8.61 Å². The topological polar surface area (TPSA) is 90.8 Å². The maximum Gasteiger partial charge on any atom is 0.306 e. The van der Waals surface area contributed by atoms with Crippen LogP contribution >= 0.6 is 0 Å². The minimum atomic E-state index is -3.62. The van der Waals surface area contributed by atoms with Crippen molar-refractivity contribution in [3.8, 4) is 0 Å². The molecule has 2 aromatic rings. The SMILES string of the molecule is CN(Cc1cccc2cnccc12)S(=O)(=O)N1CCC(C(=O)O)CC1. The Morgan fingerprint density at radius 2 is 2.04 bits per heavy atom. The van der Waals surface area contributed by atoms with Gasteiger partial charge in [0.25, 0.3) is 10.2 Å². The van der Waals surface area contributed by atoms with E-state index in [4.69, 9.17) is 5.11 Å².